The second kappa shape index (κ2) is 5.47. The summed E-state index contributed by atoms with van der Waals surface area (Å²) in [5, 5.41) is 1.94. The maximum absolute atomic E-state index is 10.9. The largest absolute Gasteiger partial charge is 0.241 e. The molecule has 2 rings (SSSR count). The van der Waals surface area contributed by atoms with Crippen LogP contribution < -0.4 is 0 Å². The van der Waals surface area contributed by atoms with Gasteiger partial charge in [0.25, 0.3) is 0 Å². The summed E-state index contributed by atoms with van der Waals surface area (Å²) < 4.78 is 21.7. The lowest BCUT2D eigenvalue weighted by Gasteiger charge is -2.06. The van der Waals surface area contributed by atoms with Gasteiger partial charge in [-0.3, -0.25) is 0 Å². The van der Waals surface area contributed by atoms with Gasteiger partial charge < -0.3 is 0 Å². The molecule has 0 spiro atoms. The molecule has 0 aliphatic rings. The van der Waals surface area contributed by atoms with E-state index in [9.17, 15) is 8.42 Å². The van der Waals surface area contributed by atoms with Gasteiger partial charge in [0.15, 0.2) is 0 Å². The van der Waals surface area contributed by atoms with Gasteiger partial charge in [0, 0.05) is 21.8 Å². The van der Waals surface area contributed by atoms with Crippen LogP contribution in [0.2, 0.25) is 0 Å². The summed E-state index contributed by atoms with van der Waals surface area (Å²) in [5.41, 5.74) is 1.96. The number of hydrogen-bond donors (Lipinski definition) is 0. The molecule has 6 heteroatoms. The quantitative estimate of drug-likeness (QED) is 0.643. The average Bonchev–Trinajstić information content (AvgIpc) is 2.28. The summed E-state index contributed by atoms with van der Waals surface area (Å²) in [7, 11) is 1.75. The van der Waals surface area contributed by atoms with Crippen LogP contribution in [0, 0.1) is 6.92 Å². The molecule has 0 bridgehead atoms. The number of para-hydroxylation sites is 1. The first-order valence-electron chi connectivity index (χ1n) is 5.37. The highest BCUT2D eigenvalue weighted by molar-refractivity contribution is 8.14. The van der Waals surface area contributed by atoms with Gasteiger partial charge in [0.1, 0.15) is 0 Å². The van der Waals surface area contributed by atoms with Crippen molar-refractivity contribution in [3.63, 3.8) is 0 Å². The summed E-state index contributed by atoms with van der Waals surface area (Å²) in [4.78, 5) is 4.52. The molecule has 1 aromatic carbocycles. The van der Waals surface area contributed by atoms with Crippen molar-refractivity contribution in [2.24, 2.45) is 0 Å². The Labute approximate surface area is 115 Å². The summed E-state index contributed by atoms with van der Waals surface area (Å²) >= 11 is 1.41. The van der Waals surface area contributed by atoms with Crippen molar-refractivity contribution < 1.29 is 8.42 Å². The van der Waals surface area contributed by atoms with E-state index in [1.807, 2.05) is 31.2 Å². The number of aryl methyl sites for hydroxylation is 1. The normalized spacial score (nSPS) is 11.9. The van der Waals surface area contributed by atoms with Crippen LogP contribution in [0.4, 0.5) is 0 Å². The predicted molar refractivity (Wildman–Crippen MR) is 76.8 cm³/mol. The summed E-state index contributed by atoms with van der Waals surface area (Å²) in [6, 6.07) is 9.91. The zero-order valence-electron chi connectivity index (χ0n) is 9.76. The predicted octanol–water partition coefficient (Wildman–Crippen LogP) is 3.20. The first kappa shape index (κ1) is 13.6. The maximum Gasteiger partial charge on any atom is 0.233 e. The monoisotopic (exact) mass is 301 g/mol. The Kier molecular flexibility index (Phi) is 4.14. The number of thioether (sulfide) groups is 1. The van der Waals surface area contributed by atoms with Crippen LogP contribution in [0.5, 0.6) is 0 Å². The van der Waals surface area contributed by atoms with Crippen molar-refractivity contribution in [2.45, 2.75) is 11.9 Å². The van der Waals surface area contributed by atoms with E-state index in [1.54, 1.807) is 0 Å². The summed E-state index contributed by atoms with van der Waals surface area (Å²) in [5.74, 6) is 0.366. The van der Waals surface area contributed by atoms with Crippen LogP contribution in [0.25, 0.3) is 10.9 Å². The first-order valence-corrected chi connectivity index (χ1v) is 8.84. The molecule has 3 nitrogen and oxygen atoms in total. The zero-order chi connectivity index (χ0) is 13.2. The van der Waals surface area contributed by atoms with Crippen molar-refractivity contribution in [3.05, 3.63) is 35.9 Å². The number of fused-ring (bicyclic) bond motifs is 1. The lowest BCUT2D eigenvalue weighted by Crippen LogP contribution is -2.00. The minimum Gasteiger partial charge on any atom is -0.241 e. The van der Waals surface area contributed by atoms with E-state index in [4.69, 9.17) is 10.7 Å². The third kappa shape index (κ3) is 3.60. The molecule has 0 radical (unpaired) electrons. The molecule has 2 aromatic rings. The summed E-state index contributed by atoms with van der Waals surface area (Å²) in [6.45, 7) is 1.97. The van der Waals surface area contributed by atoms with Crippen molar-refractivity contribution >= 4 is 42.4 Å². The molecule has 96 valence electrons. The Balaban J connectivity index is 2.20. The highest BCUT2D eigenvalue weighted by Gasteiger charge is 2.08. The van der Waals surface area contributed by atoms with Crippen LogP contribution in [0.3, 0.4) is 0 Å². The lowest BCUT2D eigenvalue weighted by molar-refractivity contribution is 0.611. The fraction of sp³-hybridized carbons (Fsp3) is 0.250. The van der Waals surface area contributed by atoms with Crippen molar-refractivity contribution in [2.75, 3.05) is 11.5 Å². The zero-order valence-corrected chi connectivity index (χ0v) is 12.1. The van der Waals surface area contributed by atoms with E-state index in [2.05, 4.69) is 11.1 Å². The number of nitrogens with zero attached hydrogens (tertiary/aromatic N) is 1. The molecule has 1 aromatic heterocycles. The van der Waals surface area contributed by atoms with Crippen molar-refractivity contribution in [1.29, 1.82) is 0 Å². The van der Waals surface area contributed by atoms with Gasteiger partial charge in [0.2, 0.25) is 9.05 Å². The number of benzene rings is 1. The molecule has 0 saturated heterocycles. The molecular weight excluding hydrogens is 290 g/mol. The third-order valence-corrected chi connectivity index (χ3v) is 4.94. The Morgan fingerprint density at radius 2 is 2.06 bits per heavy atom. The fourth-order valence-electron chi connectivity index (χ4n) is 1.59. The van der Waals surface area contributed by atoms with E-state index in [1.165, 1.54) is 11.8 Å². The van der Waals surface area contributed by atoms with Crippen LogP contribution >= 0.6 is 22.4 Å². The molecule has 0 N–H and O–H groups in total. The van der Waals surface area contributed by atoms with Gasteiger partial charge in [-0.1, -0.05) is 18.2 Å². The van der Waals surface area contributed by atoms with Gasteiger partial charge in [0.05, 0.1) is 16.3 Å². The molecule has 0 unspecified atom stereocenters. The third-order valence-electron chi connectivity index (χ3n) is 2.43. The minimum atomic E-state index is -3.43. The van der Waals surface area contributed by atoms with Crippen LogP contribution in [-0.2, 0) is 9.05 Å². The van der Waals surface area contributed by atoms with Crippen molar-refractivity contribution in [3.8, 4) is 0 Å². The van der Waals surface area contributed by atoms with E-state index in [-0.39, 0.29) is 5.75 Å². The van der Waals surface area contributed by atoms with Gasteiger partial charge in [-0.25, -0.2) is 13.4 Å². The van der Waals surface area contributed by atoms with Crippen LogP contribution in [-0.4, -0.2) is 24.9 Å². The Morgan fingerprint density at radius 3 is 2.78 bits per heavy atom. The Hall–Kier alpha value is -0.780. The lowest BCUT2D eigenvalue weighted by atomic mass is 10.2. The first-order chi connectivity index (χ1) is 8.46. The van der Waals surface area contributed by atoms with E-state index in [0.717, 1.165) is 21.5 Å². The molecule has 0 aliphatic carbocycles. The molecule has 0 amide bonds. The molecule has 0 atom stereocenters. The van der Waals surface area contributed by atoms with E-state index < -0.39 is 9.05 Å². The topological polar surface area (TPSA) is 47.0 Å². The van der Waals surface area contributed by atoms with Crippen LogP contribution in [0.1, 0.15) is 5.56 Å². The second-order valence-electron chi connectivity index (χ2n) is 3.89. The molecular formula is C12H12ClNO2S2. The molecule has 0 fully saturated rings. The summed E-state index contributed by atoms with van der Waals surface area (Å²) in [6.07, 6.45) is 0. The number of aromatic nitrogens is 1. The van der Waals surface area contributed by atoms with Gasteiger partial charge in [-0.15, -0.1) is 11.8 Å². The SMILES string of the molecule is Cc1cc2ccccc2nc1SCCS(=O)(=O)Cl. The molecule has 18 heavy (non-hydrogen) atoms. The highest BCUT2D eigenvalue weighted by Crippen LogP contribution is 2.24. The Morgan fingerprint density at radius 1 is 1.33 bits per heavy atom. The highest BCUT2D eigenvalue weighted by atomic mass is 35.7. The van der Waals surface area contributed by atoms with Gasteiger partial charge in [-0.05, 0) is 24.6 Å². The molecule has 0 aliphatic heterocycles. The van der Waals surface area contributed by atoms with Gasteiger partial charge in [-0.2, -0.15) is 0 Å². The van der Waals surface area contributed by atoms with E-state index >= 15 is 0 Å². The minimum absolute atomic E-state index is 0.0484. The number of halogens is 1. The molecule has 0 saturated carbocycles. The van der Waals surface area contributed by atoms with Crippen molar-refractivity contribution in [1.82, 2.24) is 4.98 Å². The standard InChI is InChI=1S/C12H12ClNO2S2/c1-9-8-10-4-2-3-5-11(10)14-12(9)17-6-7-18(13,15)16/h2-5,8H,6-7H2,1H3. The molecule has 1 heterocycles. The van der Waals surface area contributed by atoms with Crippen LogP contribution in [0.15, 0.2) is 35.4 Å². The number of pyridine rings is 1. The average molecular weight is 302 g/mol. The fourth-order valence-corrected chi connectivity index (χ4v) is 3.93. The number of rotatable bonds is 4. The smallest absolute Gasteiger partial charge is 0.233 e. The second-order valence-corrected chi connectivity index (χ2v) is 7.87. The Bertz CT molecular complexity index is 671. The van der Waals surface area contributed by atoms with Gasteiger partial charge >= 0.3 is 0 Å². The number of hydrogen-bond acceptors (Lipinski definition) is 4. The maximum atomic E-state index is 10.9. The van der Waals surface area contributed by atoms with E-state index in [0.29, 0.717) is 5.75 Å².